The third-order valence-corrected chi connectivity index (χ3v) is 3.17. The van der Waals surface area contributed by atoms with Gasteiger partial charge >= 0.3 is 6.03 Å². The van der Waals surface area contributed by atoms with E-state index >= 15 is 0 Å². The van der Waals surface area contributed by atoms with Crippen LogP contribution >= 0.6 is 0 Å². The van der Waals surface area contributed by atoms with E-state index in [4.69, 9.17) is 11.1 Å². The van der Waals surface area contributed by atoms with Gasteiger partial charge in [-0.05, 0) is 19.3 Å². The van der Waals surface area contributed by atoms with Gasteiger partial charge in [0.15, 0.2) is 0 Å². The molecule has 0 saturated heterocycles. The Morgan fingerprint density at radius 3 is 2.65 bits per heavy atom. The summed E-state index contributed by atoms with van der Waals surface area (Å²) < 4.78 is 0. The first-order valence-corrected chi connectivity index (χ1v) is 6.52. The largest absolute Gasteiger partial charge is 0.386 e. The molecule has 98 valence electrons. The van der Waals surface area contributed by atoms with Crippen LogP contribution in [0.15, 0.2) is 0 Å². The van der Waals surface area contributed by atoms with Crippen molar-refractivity contribution in [3.63, 3.8) is 0 Å². The minimum absolute atomic E-state index is 0.0579. The van der Waals surface area contributed by atoms with Crippen molar-refractivity contribution in [1.29, 1.82) is 5.41 Å². The molecule has 0 bridgehead atoms. The smallest absolute Gasteiger partial charge is 0.318 e. The maximum atomic E-state index is 12.0. The summed E-state index contributed by atoms with van der Waals surface area (Å²) in [5, 5.41) is 10.3. The molecule has 5 nitrogen and oxygen atoms in total. The normalized spacial score (nSPS) is 15.8. The van der Waals surface area contributed by atoms with Crippen LogP contribution in [-0.2, 0) is 0 Å². The summed E-state index contributed by atoms with van der Waals surface area (Å²) in [4.78, 5) is 13.7. The first kappa shape index (κ1) is 13.8. The van der Waals surface area contributed by atoms with Crippen LogP contribution in [0.25, 0.3) is 0 Å². The number of carbonyl (C=O) groups is 1. The number of hydrogen-bond donors (Lipinski definition) is 3. The van der Waals surface area contributed by atoms with Gasteiger partial charge in [-0.2, -0.15) is 0 Å². The van der Waals surface area contributed by atoms with Crippen molar-refractivity contribution in [2.45, 2.75) is 51.5 Å². The predicted molar refractivity (Wildman–Crippen MR) is 69.2 cm³/mol. The van der Waals surface area contributed by atoms with Gasteiger partial charge in [0.1, 0.15) is 5.84 Å². The van der Waals surface area contributed by atoms with E-state index in [9.17, 15) is 4.79 Å². The van der Waals surface area contributed by atoms with Crippen LogP contribution < -0.4 is 11.1 Å². The number of nitrogens with two attached hydrogens (primary N) is 1. The Balaban J connectivity index is 2.48. The Kier molecular flexibility index (Phi) is 5.80. The van der Waals surface area contributed by atoms with Crippen LogP contribution in [0.4, 0.5) is 4.79 Å². The van der Waals surface area contributed by atoms with Gasteiger partial charge in [0.2, 0.25) is 0 Å². The van der Waals surface area contributed by atoms with Crippen LogP contribution in [-0.4, -0.2) is 35.9 Å². The van der Waals surface area contributed by atoms with Crippen LogP contribution in [0.3, 0.4) is 0 Å². The number of nitrogens with one attached hydrogen (secondary N) is 2. The zero-order valence-electron chi connectivity index (χ0n) is 10.7. The highest BCUT2D eigenvalue weighted by Gasteiger charge is 2.26. The fraction of sp³-hybridized carbons (Fsp3) is 0.833. The quantitative estimate of drug-likeness (QED) is 0.375. The van der Waals surface area contributed by atoms with Gasteiger partial charge in [-0.1, -0.05) is 26.2 Å². The molecule has 0 aromatic rings. The maximum Gasteiger partial charge on any atom is 0.318 e. The molecule has 0 heterocycles. The molecule has 0 unspecified atom stereocenters. The molecule has 2 amide bonds. The van der Waals surface area contributed by atoms with E-state index in [1.54, 1.807) is 4.90 Å². The lowest BCUT2D eigenvalue weighted by atomic mass is 10.2. The molecule has 0 aromatic heterocycles. The highest BCUT2D eigenvalue weighted by atomic mass is 16.2. The molecule has 0 aromatic carbocycles. The summed E-state index contributed by atoms with van der Waals surface area (Å²) in [6.45, 7) is 3.05. The lowest BCUT2D eigenvalue weighted by Crippen LogP contribution is -2.48. The van der Waals surface area contributed by atoms with E-state index in [0.717, 1.165) is 25.7 Å². The number of amidine groups is 1. The molecule has 0 atom stereocenters. The minimum atomic E-state index is -0.0689. The minimum Gasteiger partial charge on any atom is -0.386 e. The van der Waals surface area contributed by atoms with Crippen LogP contribution in [0.2, 0.25) is 0 Å². The van der Waals surface area contributed by atoms with Gasteiger partial charge in [-0.25, -0.2) is 4.79 Å². The summed E-state index contributed by atoms with van der Waals surface area (Å²) >= 11 is 0. The average molecular weight is 240 g/mol. The van der Waals surface area contributed by atoms with E-state index in [2.05, 4.69) is 12.2 Å². The molecule has 1 aliphatic rings. The molecular formula is C12H24N4O. The molecule has 1 saturated carbocycles. The topological polar surface area (TPSA) is 82.2 Å². The number of unbranched alkanes of at least 4 members (excludes halogenated alkanes) is 1. The van der Waals surface area contributed by atoms with Gasteiger partial charge in [-0.3, -0.25) is 5.41 Å². The second kappa shape index (κ2) is 7.14. The molecule has 0 radical (unpaired) electrons. The van der Waals surface area contributed by atoms with Crippen molar-refractivity contribution in [3.8, 4) is 0 Å². The van der Waals surface area contributed by atoms with E-state index < -0.39 is 0 Å². The van der Waals surface area contributed by atoms with E-state index in [0.29, 0.717) is 6.54 Å². The summed E-state index contributed by atoms with van der Waals surface area (Å²) in [6.07, 6.45) is 6.46. The summed E-state index contributed by atoms with van der Waals surface area (Å²) in [5.74, 6) is 0.0579. The van der Waals surface area contributed by atoms with Gasteiger partial charge in [0, 0.05) is 12.6 Å². The molecule has 5 heteroatoms. The molecule has 1 rings (SSSR count). The number of nitrogens with zero attached hydrogens (tertiary/aromatic N) is 1. The molecular weight excluding hydrogens is 216 g/mol. The summed E-state index contributed by atoms with van der Waals surface area (Å²) in [6, 6.07) is 0.195. The number of urea groups is 1. The Morgan fingerprint density at radius 1 is 1.47 bits per heavy atom. The first-order chi connectivity index (χ1) is 8.15. The highest BCUT2D eigenvalue weighted by Crippen LogP contribution is 2.23. The molecule has 17 heavy (non-hydrogen) atoms. The number of rotatable bonds is 6. The lowest BCUT2D eigenvalue weighted by molar-refractivity contribution is 0.184. The maximum absolute atomic E-state index is 12.0. The molecule has 0 spiro atoms. The van der Waals surface area contributed by atoms with Crippen molar-refractivity contribution in [2.24, 2.45) is 5.73 Å². The van der Waals surface area contributed by atoms with E-state index in [1.807, 2.05) is 0 Å². The Bertz CT molecular complexity index is 261. The Hall–Kier alpha value is -1.26. The molecule has 0 aliphatic heterocycles. The average Bonchev–Trinajstić information content (AvgIpc) is 2.79. The van der Waals surface area contributed by atoms with Crippen molar-refractivity contribution in [1.82, 2.24) is 10.2 Å². The SMILES string of the molecule is CCCCNC(=O)N(CC(=N)N)C1CCCC1. The zero-order valence-corrected chi connectivity index (χ0v) is 10.7. The van der Waals surface area contributed by atoms with E-state index in [-0.39, 0.29) is 24.5 Å². The molecule has 4 N–H and O–H groups in total. The fourth-order valence-electron chi connectivity index (χ4n) is 2.24. The third-order valence-electron chi connectivity index (χ3n) is 3.17. The van der Waals surface area contributed by atoms with Crippen LogP contribution in [0, 0.1) is 5.41 Å². The van der Waals surface area contributed by atoms with Gasteiger partial charge < -0.3 is 16.0 Å². The van der Waals surface area contributed by atoms with Crippen molar-refractivity contribution >= 4 is 11.9 Å². The van der Waals surface area contributed by atoms with Gasteiger partial charge in [-0.15, -0.1) is 0 Å². The summed E-state index contributed by atoms with van der Waals surface area (Å²) in [7, 11) is 0. The van der Waals surface area contributed by atoms with Crippen molar-refractivity contribution < 1.29 is 4.79 Å². The number of hydrogen-bond acceptors (Lipinski definition) is 2. The van der Waals surface area contributed by atoms with Crippen LogP contribution in [0.1, 0.15) is 45.4 Å². The van der Waals surface area contributed by atoms with Crippen molar-refractivity contribution in [2.75, 3.05) is 13.1 Å². The monoisotopic (exact) mass is 240 g/mol. The molecule has 1 fully saturated rings. The molecule has 1 aliphatic carbocycles. The Labute approximate surface area is 103 Å². The van der Waals surface area contributed by atoms with Crippen molar-refractivity contribution in [3.05, 3.63) is 0 Å². The van der Waals surface area contributed by atoms with Crippen LogP contribution in [0.5, 0.6) is 0 Å². The van der Waals surface area contributed by atoms with Gasteiger partial charge in [0.05, 0.1) is 6.54 Å². The highest BCUT2D eigenvalue weighted by molar-refractivity contribution is 5.84. The standard InChI is InChI=1S/C12H24N4O/c1-2-3-8-15-12(17)16(9-11(13)14)10-6-4-5-7-10/h10H,2-9H2,1H3,(H3,13,14)(H,15,17). The lowest BCUT2D eigenvalue weighted by Gasteiger charge is -2.28. The number of carbonyl (C=O) groups excluding carboxylic acids is 1. The Morgan fingerprint density at radius 2 is 2.12 bits per heavy atom. The summed E-state index contributed by atoms with van der Waals surface area (Å²) in [5.41, 5.74) is 5.42. The second-order valence-electron chi connectivity index (χ2n) is 4.68. The van der Waals surface area contributed by atoms with Gasteiger partial charge in [0.25, 0.3) is 0 Å². The second-order valence-corrected chi connectivity index (χ2v) is 4.68. The van der Waals surface area contributed by atoms with E-state index in [1.165, 1.54) is 12.8 Å². The number of amides is 2. The zero-order chi connectivity index (χ0) is 12.7. The fourth-order valence-corrected chi connectivity index (χ4v) is 2.24. The third kappa shape index (κ3) is 4.63. The first-order valence-electron chi connectivity index (χ1n) is 6.52. The predicted octanol–water partition coefficient (Wildman–Crippen LogP) is 1.68.